The smallest absolute Gasteiger partial charge is 0.323 e. The Balaban J connectivity index is 2.06. The van der Waals surface area contributed by atoms with Crippen LogP contribution in [0.2, 0.25) is 5.02 Å². The first-order chi connectivity index (χ1) is 8.65. The molecular weight excluding hydrogens is 254 g/mol. The summed E-state index contributed by atoms with van der Waals surface area (Å²) in [7, 11) is 0. The van der Waals surface area contributed by atoms with Crippen LogP contribution in [0.4, 0.5) is 16.2 Å². The van der Waals surface area contributed by atoms with Crippen LogP contribution in [0.1, 0.15) is 0 Å². The first kappa shape index (κ1) is 12.2. The molecule has 1 aromatic carbocycles. The van der Waals surface area contributed by atoms with E-state index in [0.717, 1.165) is 0 Å². The van der Waals surface area contributed by atoms with Crippen LogP contribution >= 0.6 is 11.6 Å². The van der Waals surface area contributed by atoms with E-state index in [2.05, 4.69) is 15.6 Å². The van der Waals surface area contributed by atoms with E-state index in [1.165, 1.54) is 12.3 Å². The van der Waals surface area contributed by atoms with Gasteiger partial charge in [0.25, 0.3) is 5.56 Å². The number of hydrogen-bond donors (Lipinski definition) is 3. The van der Waals surface area contributed by atoms with Gasteiger partial charge in [-0.05, 0) is 30.3 Å². The maximum Gasteiger partial charge on any atom is 0.323 e. The summed E-state index contributed by atoms with van der Waals surface area (Å²) in [5.74, 6) is 0. The molecule has 0 bridgehead atoms. The Morgan fingerprint density at radius 1 is 1.17 bits per heavy atom. The highest BCUT2D eigenvalue weighted by atomic mass is 35.5. The summed E-state index contributed by atoms with van der Waals surface area (Å²) in [5.41, 5.74) is 0.364. The number of benzene rings is 1. The lowest BCUT2D eigenvalue weighted by atomic mass is 10.3. The third-order valence-corrected chi connectivity index (χ3v) is 2.38. The fraction of sp³-hybridized carbons (Fsp3) is 0. The number of carbonyl (C=O) groups is 1. The zero-order valence-corrected chi connectivity index (χ0v) is 9.99. The fourth-order valence-corrected chi connectivity index (χ4v) is 1.56. The van der Waals surface area contributed by atoms with E-state index in [-0.39, 0.29) is 11.2 Å². The minimum atomic E-state index is -0.506. The van der Waals surface area contributed by atoms with Crippen LogP contribution in [0.15, 0.2) is 47.4 Å². The molecule has 92 valence electrons. The van der Waals surface area contributed by atoms with Crippen molar-refractivity contribution in [2.24, 2.45) is 0 Å². The van der Waals surface area contributed by atoms with Gasteiger partial charge in [0.05, 0.1) is 0 Å². The molecule has 2 amide bonds. The van der Waals surface area contributed by atoms with Gasteiger partial charge in [0.1, 0.15) is 5.69 Å². The number of nitrogens with one attached hydrogen (secondary N) is 3. The first-order valence-corrected chi connectivity index (χ1v) is 5.54. The number of H-pyrrole nitrogens is 1. The van der Waals surface area contributed by atoms with Crippen LogP contribution in [0.5, 0.6) is 0 Å². The Labute approximate surface area is 108 Å². The molecule has 0 saturated carbocycles. The van der Waals surface area contributed by atoms with Crippen molar-refractivity contribution in [1.29, 1.82) is 0 Å². The molecular formula is C12H10ClN3O2. The lowest BCUT2D eigenvalue weighted by Gasteiger charge is -2.06. The van der Waals surface area contributed by atoms with Crippen molar-refractivity contribution >= 4 is 29.0 Å². The molecule has 0 radical (unpaired) electrons. The third kappa shape index (κ3) is 3.11. The Hall–Kier alpha value is -2.27. The molecule has 0 aliphatic heterocycles. The fourth-order valence-electron chi connectivity index (χ4n) is 1.37. The number of hydrogen-bond acceptors (Lipinski definition) is 2. The second kappa shape index (κ2) is 5.37. The molecule has 1 aromatic heterocycles. The zero-order chi connectivity index (χ0) is 13.0. The van der Waals surface area contributed by atoms with Gasteiger partial charge in [-0.2, -0.15) is 0 Å². The van der Waals surface area contributed by atoms with Crippen LogP contribution < -0.4 is 16.2 Å². The quantitative estimate of drug-likeness (QED) is 0.779. The average Bonchev–Trinajstić information content (AvgIpc) is 2.32. The van der Waals surface area contributed by atoms with Crippen molar-refractivity contribution in [3.05, 3.63) is 58.0 Å². The van der Waals surface area contributed by atoms with Crippen LogP contribution in [0.25, 0.3) is 0 Å². The highest BCUT2D eigenvalue weighted by molar-refractivity contribution is 6.30. The number of halogens is 1. The van der Waals surface area contributed by atoms with Crippen LogP contribution in [-0.4, -0.2) is 11.0 Å². The molecule has 6 heteroatoms. The monoisotopic (exact) mass is 263 g/mol. The molecule has 5 nitrogen and oxygen atoms in total. The van der Waals surface area contributed by atoms with Crippen LogP contribution in [-0.2, 0) is 0 Å². The average molecular weight is 264 g/mol. The van der Waals surface area contributed by atoms with Crippen molar-refractivity contribution in [3.8, 4) is 0 Å². The highest BCUT2D eigenvalue weighted by Crippen LogP contribution is 2.14. The van der Waals surface area contributed by atoms with Crippen molar-refractivity contribution in [2.75, 3.05) is 10.6 Å². The van der Waals surface area contributed by atoms with Crippen molar-refractivity contribution in [1.82, 2.24) is 4.98 Å². The predicted molar refractivity (Wildman–Crippen MR) is 71.2 cm³/mol. The van der Waals surface area contributed by atoms with Crippen LogP contribution in [0, 0.1) is 0 Å². The molecule has 0 saturated heterocycles. The predicted octanol–water partition coefficient (Wildman–Crippen LogP) is 2.67. The summed E-state index contributed by atoms with van der Waals surface area (Å²) in [6.07, 6.45) is 1.49. The van der Waals surface area contributed by atoms with Crippen molar-refractivity contribution < 1.29 is 4.79 Å². The minimum Gasteiger partial charge on any atom is -0.327 e. The van der Waals surface area contributed by atoms with Gasteiger partial charge < -0.3 is 15.6 Å². The third-order valence-electron chi connectivity index (χ3n) is 2.15. The summed E-state index contributed by atoms with van der Waals surface area (Å²) in [6.45, 7) is 0. The second-order valence-corrected chi connectivity index (χ2v) is 3.94. The van der Waals surface area contributed by atoms with Gasteiger partial charge in [0, 0.05) is 16.9 Å². The molecule has 0 fully saturated rings. The molecule has 18 heavy (non-hydrogen) atoms. The Morgan fingerprint density at radius 2 is 2.00 bits per heavy atom. The highest BCUT2D eigenvalue weighted by Gasteiger charge is 2.05. The number of aromatic nitrogens is 1. The molecule has 0 aliphatic carbocycles. The molecule has 0 unspecified atom stereocenters. The lowest BCUT2D eigenvalue weighted by Crippen LogP contribution is -2.23. The van der Waals surface area contributed by atoms with Crippen LogP contribution in [0.3, 0.4) is 0 Å². The number of rotatable bonds is 2. The number of carbonyl (C=O) groups excluding carboxylic acids is 1. The van der Waals surface area contributed by atoms with E-state index in [0.29, 0.717) is 10.7 Å². The van der Waals surface area contributed by atoms with E-state index >= 15 is 0 Å². The summed E-state index contributed by atoms with van der Waals surface area (Å²) in [5, 5.41) is 5.53. The minimum absolute atomic E-state index is 0.178. The van der Waals surface area contributed by atoms with Gasteiger partial charge in [0.15, 0.2) is 0 Å². The largest absolute Gasteiger partial charge is 0.327 e. The van der Waals surface area contributed by atoms with Crippen molar-refractivity contribution in [2.45, 2.75) is 0 Å². The first-order valence-electron chi connectivity index (χ1n) is 5.16. The van der Waals surface area contributed by atoms with Gasteiger partial charge in [0.2, 0.25) is 0 Å². The van der Waals surface area contributed by atoms with Gasteiger partial charge in [-0.3, -0.25) is 4.79 Å². The molecule has 0 spiro atoms. The summed E-state index contributed by atoms with van der Waals surface area (Å²) >= 11 is 5.79. The van der Waals surface area contributed by atoms with Gasteiger partial charge in [-0.1, -0.05) is 17.7 Å². The summed E-state index contributed by atoms with van der Waals surface area (Å²) in [6, 6.07) is 9.35. The van der Waals surface area contributed by atoms with Crippen molar-refractivity contribution in [3.63, 3.8) is 0 Å². The molecule has 0 atom stereocenters. The molecule has 2 rings (SSSR count). The summed E-state index contributed by atoms with van der Waals surface area (Å²) in [4.78, 5) is 25.4. The Kier molecular flexibility index (Phi) is 3.64. The Bertz CT molecular complexity index is 624. The second-order valence-electron chi connectivity index (χ2n) is 3.50. The standard InChI is InChI=1S/C12H10ClN3O2/c13-8-3-1-4-9(7-8)15-12(18)16-10-5-2-6-14-11(10)17/h1-7H,(H,14,17)(H2,15,16,18). The number of pyridine rings is 1. The summed E-state index contributed by atoms with van der Waals surface area (Å²) < 4.78 is 0. The SMILES string of the molecule is O=C(Nc1cccc(Cl)c1)Nc1ccc[nH]c1=O. The van der Waals surface area contributed by atoms with E-state index in [1.807, 2.05) is 0 Å². The number of aromatic amines is 1. The maximum absolute atomic E-state index is 11.6. The van der Waals surface area contributed by atoms with E-state index in [4.69, 9.17) is 11.6 Å². The van der Waals surface area contributed by atoms with E-state index < -0.39 is 6.03 Å². The van der Waals surface area contributed by atoms with E-state index in [1.54, 1.807) is 30.3 Å². The molecule has 1 heterocycles. The lowest BCUT2D eigenvalue weighted by molar-refractivity contribution is 0.262. The van der Waals surface area contributed by atoms with Gasteiger partial charge in [-0.25, -0.2) is 4.79 Å². The molecule has 2 aromatic rings. The zero-order valence-electron chi connectivity index (χ0n) is 9.24. The normalized spacial score (nSPS) is 9.83. The Morgan fingerprint density at radius 3 is 2.72 bits per heavy atom. The number of amides is 2. The topological polar surface area (TPSA) is 74.0 Å². The molecule has 3 N–H and O–H groups in total. The number of anilines is 2. The van der Waals surface area contributed by atoms with E-state index in [9.17, 15) is 9.59 Å². The molecule has 0 aliphatic rings. The van der Waals surface area contributed by atoms with Gasteiger partial charge in [-0.15, -0.1) is 0 Å². The maximum atomic E-state index is 11.6. The number of urea groups is 1. The van der Waals surface area contributed by atoms with Gasteiger partial charge >= 0.3 is 6.03 Å².